The molecule has 26 heavy (non-hydrogen) atoms. The van der Waals surface area contributed by atoms with Crippen LogP contribution in [0.5, 0.6) is 5.75 Å². The minimum Gasteiger partial charge on any atom is -0.497 e. The van der Waals surface area contributed by atoms with E-state index in [0.29, 0.717) is 5.41 Å². The van der Waals surface area contributed by atoms with Crippen molar-refractivity contribution < 1.29 is 4.74 Å². The molecule has 3 aliphatic rings. The molecule has 1 aromatic carbocycles. The van der Waals surface area contributed by atoms with Crippen LogP contribution in [0.2, 0.25) is 0 Å². The maximum absolute atomic E-state index is 5.28. The van der Waals surface area contributed by atoms with E-state index in [1.165, 1.54) is 63.4 Å². The third kappa shape index (κ3) is 3.77. The molecule has 3 saturated carbocycles. The molecule has 0 aliphatic heterocycles. The lowest BCUT2D eigenvalue weighted by Gasteiger charge is -2.29. The lowest BCUT2D eigenvalue weighted by molar-refractivity contribution is 0.302. The van der Waals surface area contributed by atoms with Crippen LogP contribution in [0.25, 0.3) is 0 Å². The molecule has 0 saturated heterocycles. The van der Waals surface area contributed by atoms with E-state index >= 15 is 0 Å². The number of hydrogen-bond acceptors (Lipinski definition) is 1. The summed E-state index contributed by atoms with van der Waals surface area (Å²) in [4.78, 5) is 0. The first kappa shape index (κ1) is 17.9. The minimum absolute atomic E-state index is 0.662. The van der Waals surface area contributed by atoms with Gasteiger partial charge in [-0.1, -0.05) is 35.9 Å². The minimum atomic E-state index is 0.662. The van der Waals surface area contributed by atoms with Gasteiger partial charge in [0.05, 0.1) is 7.11 Å². The molecule has 3 aliphatic carbocycles. The average molecular weight is 351 g/mol. The van der Waals surface area contributed by atoms with E-state index in [4.69, 9.17) is 4.74 Å². The van der Waals surface area contributed by atoms with Crippen molar-refractivity contribution >= 4 is 0 Å². The highest BCUT2D eigenvalue weighted by Crippen LogP contribution is 2.61. The molecule has 4 rings (SSSR count). The Bertz CT molecular complexity index is 650. The molecule has 1 aromatic rings. The standard InChI is InChI=1S/C25H34O/c1-3-23-18-25(23)16-14-20(15-17-25)5-4-19-6-8-21(9-7-19)22-10-12-24(26-2)13-11-22/h3-5,10-13,19-21H,6-9,14-18H2,1-2H3/b5-4+,23-3+. The third-order valence-electron chi connectivity index (χ3n) is 7.44. The molecule has 0 radical (unpaired) electrons. The predicted octanol–water partition coefficient (Wildman–Crippen LogP) is 7.05. The monoisotopic (exact) mass is 350 g/mol. The SMILES string of the molecule is C/C=C1\CC12CCC(/C=C/C1CCC(c3ccc(OC)cc3)CC1)CC2. The normalized spacial score (nSPS) is 35.9. The van der Waals surface area contributed by atoms with Crippen molar-refractivity contribution in [3.8, 4) is 5.75 Å². The average Bonchev–Trinajstić information content (AvgIpc) is 3.40. The fourth-order valence-corrected chi connectivity index (χ4v) is 5.45. The number of ether oxygens (including phenoxy) is 1. The van der Waals surface area contributed by atoms with Crippen molar-refractivity contribution in [3.05, 3.63) is 53.6 Å². The number of rotatable bonds is 4. The van der Waals surface area contributed by atoms with Crippen LogP contribution in [0, 0.1) is 17.3 Å². The Hall–Kier alpha value is -1.50. The van der Waals surface area contributed by atoms with E-state index in [1.54, 1.807) is 12.7 Å². The van der Waals surface area contributed by atoms with Crippen LogP contribution in [-0.4, -0.2) is 7.11 Å². The van der Waals surface area contributed by atoms with Crippen LogP contribution in [0.1, 0.15) is 76.2 Å². The van der Waals surface area contributed by atoms with Gasteiger partial charge in [-0.05, 0) is 106 Å². The summed E-state index contributed by atoms with van der Waals surface area (Å²) in [6.45, 7) is 2.22. The Labute approximate surface area is 159 Å². The van der Waals surface area contributed by atoms with E-state index in [1.807, 2.05) is 0 Å². The number of allylic oxidation sites excluding steroid dienone is 4. The molecule has 0 amide bonds. The zero-order valence-electron chi connectivity index (χ0n) is 16.5. The van der Waals surface area contributed by atoms with Gasteiger partial charge in [0.1, 0.15) is 5.75 Å². The van der Waals surface area contributed by atoms with Gasteiger partial charge in [-0.15, -0.1) is 0 Å². The van der Waals surface area contributed by atoms with Crippen molar-refractivity contribution in [2.75, 3.05) is 7.11 Å². The molecule has 3 fully saturated rings. The number of hydrogen-bond donors (Lipinski definition) is 0. The maximum atomic E-state index is 5.28. The predicted molar refractivity (Wildman–Crippen MR) is 110 cm³/mol. The van der Waals surface area contributed by atoms with Crippen molar-refractivity contribution in [1.82, 2.24) is 0 Å². The van der Waals surface area contributed by atoms with Gasteiger partial charge in [0, 0.05) is 0 Å². The summed E-state index contributed by atoms with van der Waals surface area (Å²) in [6, 6.07) is 8.73. The Morgan fingerprint density at radius 1 is 0.885 bits per heavy atom. The number of benzene rings is 1. The Morgan fingerprint density at radius 2 is 1.50 bits per heavy atom. The summed E-state index contributed by atoms with van der Waals surface area (Å²) in [7, 11) is 1.74. The third-order valence-corrected chi connectivity index (χ3v) is 7.44. The van der Waals surface area contributed by atoms with E-state index in [2.05, 4.69) is 49.4 Å². The van der Waals surface area contributed by atoms with E-state index in [-0.39, 0.29) is 0 Å². The molecule has 140 valence electrons. The van der Waals surface area contributed by atoms with Crippen molar-refractivity contribution in [3.63, 3.8) is 0 Å². The highest BCUT2D eigenvalue weighted by molar-refractivity contribution is 5.33. The topological polar surface area (TPSA) is 9.23 Å². The maximum Gasteiger partial charge on any atom is 0.118 e. The van der Waals surface area contributed by atoms with Crippen LogP contribution in [-0.2, 0) is 0 Å². The molecule has 1 spiro atoms. The fourth-order valence-electron chi connectivity index (χ4n) is 5.45. The van der Waals surface area contributed by atoms with Crippen LogP contribution < -0.4 is 4.74 Å². The van der Waals surface area contributed by atoms with Crippen molar-refractivity contribution in [2.24, 2.45) is 17.3 Å². The summed E-state index contributed by atoms with van der Waals surface area (Å²) in [5, 5.41) is 0. The highest BCUT2D eigenvalue weighted by Gasteiger charge is 2.49. The van der Waals surface area contributed by atoms with Crippen molar-refractivity contribution in [1.29, 1.82) is 0 Å². The lowest BCUT2D eigenvalue weighted by atomic mass is 9.76. The first-order chi connectivity index (χ1) is 12.7. The molecule has 0 unspecified atom stereocenters. The molecule has 0 heterocycles. The summed E-state index contributed by atoms with van der Waals surface area (Å²) < 4.78 is 5.28. The van der Waals surface area contributed by atoms with Gasteiger partial charge in [-0.3, -0.25) is 0 Å². The van der Waals surface area contributed by atoms with Crippen LogP contribution in [0.15, 0.2) is 48.1 Å². The van der Waals surface area contributed by atoms with Gasteiger partial charge in [0.2, 0.25) is 0 Å². The molecule has 0 N–H and O–H groups in total. The molecule has 1 nitrogen and oxygen atoms in total. The first-order valence-corrected chi connectivity index (χ1v) is 10.7. The van der Waals surface area contributed by atoms with Crippen LogP contribution >= 0.6 is 0 Å². The van der Waals surface area contributed by atoms with Crippen LogP contribution in [0.3, 0.4) is 0 Å². The van der Waals surface area contributed by atoms with Gasteiger partial charge < -0.3 is 4.74 Å². The molecule has 0 bridgehead atoms. The summed E-state index contributed by atoms with van der Waals surface area (Å²) in [5.41, 5.74) is 3.90. The lowest BCUT2D eigenvalue weighted by Crippen LogP contribution is -2.15. The first-order valence-electron chi connectivity index (χ1n) is 10.7. The number of methoxy groups -OCH3 is 1. The summed E-state index contributed by atoms with van der Waals surface area (Å²) in [5.74, 6) is 3.37. The van der Waals surface area contributed by atoms with Crippen LogP contribution in [0.4, 0.5) is 0 Å². The summed E-state index contributed by atoms with van der Waals surface area (Å²) in [6.07, 6.45) is 20.0. The highest BCUT2D eigenvalue weighted by atomic mass is 16.5. The zero-order valence-corrected chi connectivity index (χ0v) is 16.5. The largest absolute Gasteiger partial charge is 0.497 e. The second-order valence-electron chi connectivity index (χ2n) is 8.88. The van der Waals surface area contributed by atoms with E-state index in [9.17, 15) is 0 Å². The molecular formula is C25H34O. The Balaban J connectivity index is 1.23. The quantitative estimate of drug-likeness (QED) is 0.528. The van der Waals surface area contributed by atoms with Crippen molar-refractivity contribution in [2.45, 2.75) is 70.6 Å². The Morgan fingerprint density at radius 3 is 2.04 bits per heavy atom. The second kappa shape index (κ2) is 7.62. The Kier molecular flexibility index (Phi) is 5.25. The summed E-state index contributed by atoms with van der Waals surface area (Å²) >= 11 is 0. The van der Waals surface area contributed by atoms with E-state index in [0.717, 1.165) is 23.5 Å². The molecular weight excluding hydrogens is 316 g/mol. The molecule has 1 heteroatoms. The van der Waals surface area contributed by atoms with Gasteiger partial charge in [-0.2, -0.15) is 0 Å². The van der Waals surface area contributed by atoms with Gasteiger partial charge in [0.15, 0.2) is 0 Å². The van der Waals surface area contributed by atoms with Gasteiger partial charge in [0.25, 0.3) is 0 Å². The second-order valence-corrected chi connectivity index (χ2v) is 8.88. The smallest absolute Gasteiger partial charge is 0.118 e. The van der Waals surface area contributed by atoms with Gasteiger partial charge >= 0.3 is 0 Å². The molecule has 0 aromatic heterocycles. The van der Waals surface area contributed by atoms with E-state index < -0.39 is 0 Å². The van der Waals surface area contributed by atoms with Gasteiger partial charge in [-0.25, -0.2) is 0 Å². The fraction of sp³-hybridized carbons (Fsp3) is 0.600. The zero-order chi connectivity index (χ0) is 18.0. The molecule has 0 atom stereocenters.